The SMILES string of the molecule is C=Cc1[c]cccc1-c1nccs1. The highest BCUT2D eigenvalue weighted by atomic mass is 32.1. The molecular weight excluding hydrogens is 178 g/mol. The fourth-order valence-electron chi connectivity index (χ4n) is 1.16. The average molecular weight is 186 g/mol. The van der Waals surface area contributed by atoms with Crippen LogP contribution in [0.15, 0.2) is 36.4 Å². The molecular formula is C11H8NS. The van der Waals surface area contributed by atoms with Crippen LogP contribution >= 0.6 is 11.3 Å². The van der Waals surface area contributed by atoms with E-state index in [9.17, 15) is 0 Å². The predicted octanol–water partition coefficient (Wildman–Crippen LogP) is 3.25. The van der Waals surface area contributed by atoms with Gasteiger partial charge in [0.25, 0.3) is 0 Å². The third kappa shape index (κ3) is 1.53. The molecule has 0 atom stereocenters. The zero-order chi connectivity index (χ0) is 9.10. The van der Waals surface area contributed by atoms with Crippen LogP contribution in [-0.4, -0.2) is 4.98 Å². The van der Waals surface area contributed by atoms with Crippen molar-refractivity contribution in [3.05, 3.63) is 48.0 Å². The lowest BCUT2D eigenvalue weighted by atomic mass is 10.1. The number of benzene rings is 1. The van der Waals surface area contributed by atoms with E-state index in [1.165, 1.54) is 0 Å². The molecule has 0 aliphatic rings. The topological polar surface area (TPSA) is 12.9 Å². The molecule has 0 N–H and O–H groups in total. The van der Waals surface area contributed by atoms with Gasteiger partial charge in [0.15, 0.2) is 0 Å². The minimum Gasteiger partial charge on any atom is -0.245 e. The Bertz CT molecular complexity index is 404. The van der Waals surface area contributed by atoms with Crippen LogP contribution in [0.2, 0.25) is 0 Å². The maximum atomic E-state index is 4.25. The van der Waals surface area contributed by atoms with Gasteiger partial charge in [-0.25, -0.2) is 4.98 Å². The summed E-state index contributed by atoms with van der Waals surface area (Å²) in [6, 6.07) is 9.00. The Morgan fingerprint density at radius 2 is 2.46 bits per heavy atom. The van der Waals surface area contributed by atoms with Gasteiger partial charge in [-0.3, -0.25) is 0 Å². The number of hydrogen-bond acceptors (Lipinski definition) is 2. The van der Waals surface area contributed by atoms with Crippen LogP contribution in [0.25, 0.3) is 16.6 Å². The Morgan fingerprint density at radius 3 is 3.15 bits per heavy atom. The highest BCUT2D eigenvalue weighted by Gasteiger charge is 2.03. The molecule has 1 aromatic heterocycles. The van der Waals surface area contributed by atoms with E-state index >= 15 is 0 Å². The Balaban J connectivity index is 2.57. The van der Waals surface area contributed by atoms with Gasteiger partial charge in [0.1, 0.15) is 5.01 Å². The molecule has 0 aliphatic heterocycles. The number of aromatic nitrogens is 1. The van der Waals surface area contributed by atoms with Crippen LogP contribution in [0.5, 0.6) is 0 Å². The number of rotatable bonds is 2. The van der Waals surface area contributed by atoms with E-state index in [-0.39, 0.29) is 0 Å². The number of thiazole rings is 1. The van der Waals surface area contributed by atoms with Gasteiger partial charge in [-0.1, -0.05) is 30.9 Å². The molecule has 0 fully saturated rings. The summed E-state index contributed by atoms with van der Waals surface area (Å²) in [4.78, 5) is 4.25. The quantitative estimate of drug-likeness (QED) is 0.701. The third-order valence-corrected chi connectivity index (χ3v) is 2.56. The van der Waals surface area contributed by atoms with Gasteiger partial charge in [0.05, 0.1) is 0 Å². The first kappa shape index (κ1) is 8.20. The predicted molar refractivity (Wildman–Crippen MR) is 56.5 cm³/mol. The van der Waals surface area contributed by atoms with Crippen molar-refractivity contribution in [2.24, 2.45) is 0 Å². The highest BCUT2D eigenvalue weighted by molar-refractivity contribution is 7.13. The summed E-state index contributed by atoms with van der Waals surface area (Å²) in [6.45, 7) is 3.75. The lowest BCUT2D eigenvalue weighted by Gasteiger charge is -1.99. The van der Waals surface area contributed by atoms with E-state index in [1.54, 1.807) is 23.6 Å². The molecule has 1 nitrogen and oxygen atoms in total. The van der Waals surface area contributed by atoms with E-state index in [1.807, 2.05) is 23.6 Å². The summed E-state index contributed by atoms with van der Waals surface area (Å²) in [7, 11) is 0. The summed E-state index contributed by atoms with van der Waals surface area (Å²) in [5.74, 6) is 0. The molecule has 2 rings (SSSR count). The monoisotopic (exact) mass is 186 g/mol. The van der Waals surface area contributed by atoms with Crippen LogP contribution in [0.1, 0.15) is 5.56 Å². The second-order valence-corrected chi connectivity index (χ2v) is 3.43. The van der Waals surface area contributed by atoms with Crippen molar-refractivity contribution in [3.8, 4) is 10.6 Å². The first-order chi connectivity index (χ1) is 6.42. The van der Waals surface area contributed by atoms with E-state index in [4.69, 9.17) is 0 Å². The summed E-state index contributed by atoms with van der Waals surface area (Å²) < 4.78 is 0. The van der Waals surface area contributed by atoms with E-state index in [2.05, 4.69) is 17.6 Å². The fraction of sp³-hybridized carbons (Fsp3) is 0. The molecule has 2 aromatic rings. The Hall–Kier alpha value is -1.41. The molecule has 0 amide bonds. The van der Waals surface area contributed by atoms with E-state index in [0.29, 0.717) is 0 Å². The smallest absolute Gasteiger partial charge is 0.123 e. The van der Waals surface area contributed by atoms with Crippen LogP contribution < -0.4 is 0 Å². The first-order valence-corrected chi connectivity index (χ1v) is 4.83. The van der Waals surface area contributed by atoms with Gasteiger partial charge in [-0.05, 0) is 11.6 Å². The molecule has 1 heterocycles. The second kappa shape index (κ2) is 3.54. The van der Waals surface area contributed by atoms with Crippen LogP contribution in [0.3, 0.4) is 0 Å². The average Bonchev–Trinajstić information content (AvgIpc) is 2.70. The van der Waals surface area contributed by atoms with Gasteiger partial charge < -0.3 is 0 Å². The largest absolute Gasteiger partial charge is 0.245 e. The number of nitrogens with zero attached hydrogens (tertiary/aromatic N) is 1. The van der Waals surface area contributed by atoms with Crippen molar-refractivity contribution in [1.29, 1.82) is 0 Å². The molecule has 0 spiro atoms. The summed E-state index contributed by atoms with van der Waals surface area (Å²) in [5, 5.41) is 2.99. The van der Waals surface area contributed by atoms with Crippen LogP contribution in [0, 0.1) is 6.07 Å². The minimum atomic E-state index is 1.01. The molecule has 2 heteroatoms. The second-order valence-electron chi connectivity index (χ2n) is 2.54. The van der Waals surface area contributed by atoms with Gasteiger partial charge in [0.2, 0.25) is 0 Å². The Labute approximate surface area is 81.4 Å². The van der Waals surface area contributed by atoms with Crippen molar-refractivity contribution in [2.45, 2.75) is 0 Å². The van der Waals surface area contributed by atoms with Crippen molar-refractivity contribution >= 4 is 17.4 Å². The van der Waals surface area contributed by atoms with Crippen molar-refractivity contribution in [1.82, 2.24) is 4.98 Å². The highest BCUT2D eigenvalue weighted by Crippen LogP contribution is 2.25. The van der Waals surface area contributed by atoms with Crippen LogP contribution in [0.4, 0.5) is 0 Å². The maximum absolute atomic E-state index is 4.25. The van der Waals surface area contributed by atoms with E-state index in [0.717, 1.165) is 16.1 Å². The number of hydrogen-bond donors (Lipinski definition) is 0. The minimum absolute atomic E-state index is 1.01. The standard InChI is InChI=1S/C11H8NS/c1-2-9-5-3-4-6-10(9)11-12-7-8-13-11/h2-4,6-8H,1H2. The summed E-state index contributed by atoms with van der Waals surface area (Å²) >= 11 is 1.63. The normalized spacial score (nSPS) is 9.85. The van der Waals surface area contributed by atoms with Gasteiger partial charge in [-0.15, -0.1) is 11.3 Å². The molecule has 13 heavy (non-hydrogen) atoms. The van der Waals surface area contributed by atoms with Crippen molar-refractivity contribution < 1.29 is 0 Å². The molecule has 1 aromatic carbocycles. The molecule has 0 bridgehead atoms. The summed E-state index contributed by atoms with van der Waals surface area (Å²) in [5.41, 5.74) is 2.12. The molecule has 0 unspecified atom stereocenters. The van der Waals surface area contributed by atoms with Gasteiger partial charge in [0, 0.05) is 17.1 Å². The Morgan fingerprint density at radius 1 is 1.54 bits per heavy atom. The zero-order valence-corrected chi connectivity index (χ0v) is 7.84. The van der Waals surface area contributed by atoms with Gasteiger partial charge >= 0.3 is 0 Å². The lowest BCUT2D eigenvalue weighted by molar-refractivity contribution is 1.41. The molecule has 63 valence electrons. The van der Waals surface area contributed by atoms with Gasteiger partial charge in [-0.2, -0.15) is 0 Å². The fourth-order valence-corrected chi connectivity index (χ4v) is 1.84. The van der Waals surface area contributed by atoms with Crippen molar-refractivity contribution in [2.75, 3.05) is 0 Å². The Kier molecular flexibility index (Phi) is 2.23. The molecule has 1 radical (unpaired) electrons. The van der Waals surface area contributed by atoms with Crippen molar-refractivity contribution in [3.63, 3.8) is 0 Å². The molecule has 0 saturated carbocycles. The molecule has 0 aliphatic carbocycles. The zero-order valence-electron chi connectivity index (χ0n) is 7.03. The van der Waals surface area contributed by atoms with Crippen LogP contribution in [-0.2, 0) is 0 Å². The maximum Gasteiger partial charge on any atom is 0.123 e. The van der Waals surface area contributed by atoms with E-state index < -0.39 is 0 Å². The summed E-state index contributed by atoms with van der Waals surface area (Å²) in [6.07, 6.45) is 3.61. The molecule has 0 saturated heterocycles. The lowest BCUT2D eigenvalue weighted by Crippen LogP contribution is -1.80. The first-order valence-electron chi connectivity index (χ1n) is 3.95. The third-order valence-electron chi connectivity index (χ3n) is 1.75.